The quantitative estimate of drug-likeness (QED) is 0.568. The predicted molar refractivity (Wildman–Crippen MR) is 43.8 cm³/mol. The monoisotopic (exact) mass is 155 g/mol. The molecule has 2 aliphatic rings. The maximum Gasteiger partial charge on any atom is 0.167 e. The number of hydrogen-bond donors (Lipinski definition) is 0. The van der Waals surface area contributed by atoms with Crippen LogP contribution in [0.1, 0.15) is 39.5 Å². The SMILES string of the molecule is CCC1CCCN2OC12CC. The zero-order valence-corrected chi connectivity index (χ0v) is 7.47. The maximum absolute atomic E-state index is 5.65. The molecule has 0 bridgehead atoms. The van der Waals surface area contributed by atoms with Gasteiger partial charge in [-0.2, -0.15) is 5.06 Å². The van der Waals surface area contributed by atoms with Crippen molar-refractivity contribution in [2.75, 3.05) is 6.54 Å². The lowest BCUT2D eigenvalue weighted by Gasteiger charge is -2.25. The molecule has 11 heavy (non-hydrogen) atoms. The smallest absolute Gasteiger partial charge is 0.167 e. The van der Waals surface area contributed by atoms with Crippen LogP contribution in [0.5, 0.6) is 0 Å². The van der Waals surface area contributed by atoms with E-state index in [0.717, 1.165) is 18.9 Å². The molecule has 3 unspecified atom stereocenters. The standard InChI is InChI=1S/C9H17NO/c1-3-8-6-5-7-10-9(8,4-2)11-10/h8H,3-7H2,1-2H3. The van der Waals surface area contributed by atoms with Crippen molar-refractivity contribution in [3.8, 4) is 0 Å². The van der Waals surface area contributed by atoms with Crippen molar-refractivity contribution in [1.82, 2.24) is 5.06 Å². The Morgan fingerprint density at radius 1 is 1.55 bits per heavy atom. The van der Waals surface area contributed by atoms with E-state index in [0.29, 0.717) is 0 Å². The predicted octanol–water partition coefficient (Wildman–Crippen LogP) is 2.16. The molecule has 0 aromatic carbocycles. The number of piperidine rings is 1. The van der Waals surface area contributed by atoms with Gasteiger partial charge in [-0.1, -0.05) is 13.8 Å². The molecule has 2 heteroatoms. The Balaban J connectivity index is 2.07. The lowest BCUT2D eigenvalue weighted by atomic mass is 9.86. The van der Waals surface area contributed by atoms with Crippen molar-refractivity contribution in [3.05, 3.63) is 0 Å². The van der Waals surface area contributed by atoms with Gasteiger partial charge in [-0.05, 0) is 25.7 Å². The lowest BCUT2D eigenvalue weighted by molar-refractivity contribution is 0.192. The van der Waals surface area contributed by atoms with Crippen LogP contribution in [0.25, 0.3) is 0 Å². The Bertz CT molecular complexity index is 160. The first-order valence-corrected chi connectivity index (χ1v) is 4.80. The van der Waals surface area contributed by atoms with Crippen molar-refractivity contribution in [3.63, 3.8) is 0 Å². The highest BCUT2D eigenvalue weighted by Gasteiger charge is 2.59. The minimum Gasteiger partial charge on any atom is -0.271 e. The van der Waals surface area contributed by atoms with E-state index in [-0.39, 0.29) is 5.72 Å². The summed E-state index contributed by atoms with van der Waals surface area (Å²) in [5, 5.41) is 2.19. The molecule has 0 saturated carbocycles. The van der Waals surface area contributed by atoms with Gasteiger partial charge in [0.1, 0.15) is 0 Å². The summed E-state index contributed by atoms with van der Waals surface area (Å²) in [5.74, 6) is 0.793. The van der Waals surface area contributed by atoms with E-state index in [2.05, 4.69) is 18.9 Å². The van der Waals surface area contributed by atoms with Crippen LogP contribution in [0, 0.1) is 5.92 Å². The van der Waals surface area contributed by atoms with Crippen LogP contribution in [-0.4, -0.2) is 17.3 Å². The number of fused-ring (bicyclic) bond motifs is 1. The summed E-state index contributed by atoms with van der Waals surface area (Å²) in [5.41, 5.74) is 0.188. The van der Waals surface area contributed by atoms with Crippen LogP contribution in [0.3, 0.4) is 0 Å². The third-order valence-corrected chi connectivity index (χ3v) is 3.21. The lowest BCUT2D eigenvalue weighted by Crippen LogP contribution is -2.32. The summed E-state index contributed by atoms with van der Waals surface area (Å²) in [6, 6.07) is 0. The summed E-state index contributed by atoms with van der Waals surface area (Å²) in [4.78, 5) is 5.65. The molecule has 2 rings (SSSR count). The second-order valence-electron chi connectivity index (χ2n) is 3.64. The van der Waals surface area contributed by atoms with Crippen LogP contribution in [-0.2, 0) is 4.84 Å². The van der Waals surface area contributed by atoms with E-state index in [1.807, 2.05) is 0 Å². The molecule has 0 N–H and O–H groups in total. The van der Waals surface area contributed by atoms with Crippen molar-refractivity contribution in [1.29, 1.82) is 0 Å². The van der Waals surface area contributed by atoms with E-state index in [4.69, 9.17) is 4.84 Å². The second kappa shape index (κ2) is 2.46. The van der Waals surface area contributed by atoms with Gasteiger partial charge < -0.3 is 0 Å². The average Bonchev–Trinajstić information content (AvgIpc) is 2.78. The first kappa shape index (κ1) is 7.56. The van der Waals surface area contributed by atoms with Crippen molar-refractivity contribution in [2.45, 2.75) is 45.3 Å². The molecule has 2 heterocycles. The maximum atomic E-state index is 5.65. The minimum atomic E-state index is 0.188. The van der Waals surface area contributed by atoms with Gasteiger partial charge in [0.15, 0.2) is 5.72 Å². The van der Waals surface area contributed by atoms with Crippen LogP contribution in [0.4, 0.5) is 0 Å². The highest BCUT2D eigenvalue weighted by molar-refractivity contribution is 4.95. The summed E-state index contributed by atoms with van der Waals surface area (Å²) >= 11 is 0. The molecule has 64 valence electrons. The molecule has 2 fully saturated rings. The Kier molecular flexibility index (Phi) is 1.69. The zero-order valence-electron chi connectivity index (χ0n) is 7.47. The number of rotatable bonds is 2. The summed E-state index contributed by atoms with van der Waals surface area (Å²) < 4.78 is 0. The Morgan fingerprint density at radius 2 is 2.36 bits per heavy atom. The van der Waals surface area contributed by atoms with Crippen LogP contribution in [0.2, 0.25) is 0 Å². The first-order valence-electron chi connectivity index (χ1n) is 4.80. The molecule has 0 aromatic heterocycles. The summed E-state index contributed by atoms with van der Waals surface area (Å²) in [6.45, 7) is 5.66. The number of nitrogens with zero attached hydrogens (tertiary/aromatic N) is 1. The van der Waals surface area contributed by atoms with E-state index in [1.54, 1.807) is 0 Å². The summed E-state index contributed by atoms with van der Waals surface area (Å²) in [6.07, 6.45) is 5.11. The van der Waals surface area contributed by atoms with Gasteiger partial charge in [-0.25, -0.2) is 0 Å². The van der Waals surface area contributed by atoms with Gasteiger partial charge in [0.2, 0.25) is 0 Å². The Morgan fingerprint density at radius 3 is 2.91 bits per heavy atom. The van der Waals surface area contributed by atoms with Crippen LogP contribution in [0.15, 0.2) is 0 Å². The average molecular weight is 155 g/mol. The topological polar surface area (TPSA) is 15.5 Å². The van der Waals surface area contributed by atoms with Gasteiger partial charge in [-0.3, -0.25) is 4.84 Å². The molecular weight excluding hydrogens is 138 g/mol. The van der Waals surface area contributed by atoms with Crippen molar-refractivity contribution >= 4 is 0 Å². The number of hydrogen-bond acceptors (Lipinski definition) is 2. The van der Waals surface area contributed by atoms with Crippen LogP contribution < -0.4 is 0 Å². The fourth-order valence-corrected chi connectivity index (χ4v) is 2.44. The highest BCUT2D eigenvalue weighted by atomic mass is 16.9. The normalized spacial score (nSPS) is 48.5. The largest absolute Gasteiger partial charge is 0.271 e. The Hall–Kier alpha value is -0.0800. The van der Waals surface area contributed by atoms with E-state index in [1.165, 1.54) is 19.3 Å². The minimum absolute atomic E-state index is 0.188. The van der Waals surface area contributed by atoms with Crippen LogP contribution >= 0.6 is 0 Å². The van der Waals surface area contributed by atoms with Gasteiger partial charge in [0, 0.05) is 12.5 Å². The van der Waals surface area contributed by atoms with Gasteiger partial charge in [0.25, 0.3) is 0 Å². The molecular formula is C9H17NO. The molecule has 0 aromatic rings. The third kappa shape index (κ3) is 0.926. The molecule has 2 saturated heterocycles. The van der Waals surface area contributed by atoms with Gasteiger partial charge in [0.05, 0.1) is 0 Å². The fraction of sp³-hybridized carbons (Fsp3) is 1.00. The molecule has 0 amide bonds. The Labute approximate surface area is 68.5 Å². The van der Waals surface area contributed by atoms with Gasteiger partial charge in [-0.15, -0.1) is 0 Å². The second-order valence-corrected chi connectivity index (χ2v) is 3.64. The molecule has 2 nitrogen and oxygen atoms in total. The molecule has 0 aliphatic carbocycles. The third-order valence-electron chi connectivity index (χ3n) is 3.21. The highest BCUT2D eigenvalue weighted by Crippen LogP contribution is 2.50. The first-order chi connectivity index (χ1) is 5.33. The van der Waals surface area contributed by atoms with Crippen molar-refractivity contribution < 1.29 is 4.84 Å². The summed E-state index contributed by atoms with van der Waals surface area (Å²) in [7, 11) is 0. The van der Waals surface area contributed by atoms with Gasteiger partial charge >= 0.3 is 0 Å². The van der Waals surface area contributed by atoms with E-state index >= 15 is 0 Å². The van der Waals surface area contributed by atoms with Crippen molar-refractivity contribution in [2.24, 2.45) is 5.92 Å². The van der Waals surface area contributed by atoms with E-state index < -0.39 is 0 Å². The van der Waals surface area contributed by atoms with E-state index in [9.17, 15) is 0 Å². The molecule has 0 spiro atoms. The molecule has 0 radical (unpaired) electrons. The molecule has 3 atom stereocenters. The zero-order chi connectivity index (χ0) is 7.90. The fourth-order valence-electron chi connectivity index (χ4n) is 2.44. The molecule has 2 aliphatic heterocycles. The number of hydroxylamine groups is 2.